The van der Waals surface area contributed by atoms with Gasteiger partial charge in [0.15, 0.2) is 0 Å². The number of amides is 1. The first kappa shape index (κ1) is 35.6. The topological polar surface area (TPSA) is 41.6 Å². The van der Waals surface area contributed by atoms with E-state index in [1.54, 1.807) is 0 Å². The number of carbonyl (C=O) groups excluding carboxylic acids is 1. The van der Waals surface area contributed by atoms with Crippen molar-refractivity contribution in [2.45, 2.75) is 219 Å². The molecule has 0 aromatic carbocycles. The van der Waals surface area contributed by atoms with Gasteiger partial charge in [0.05, 0.1) is 0 Å². The van der Waals surface area contributed by atoms with E-state index in [0.717, 1.165) is 38.6 Å². The number of hydrogen-bond acceptors (Lipinski definition) is 3. The van der Waals surface area contributed by atoms with Crippen LogP contribution in [0.5, 0.6) is 0 Å². The molecule has 1 N–H and O–H groups in total. The van der Waals surface area contributed by atoms with Crippen LogP contribution in [0.25, 0.3) is 0 Å². The van der Waals surface area contributed by atoms with Gasteiger partial charge in [0.2, 0.25) is 0 Å². The van der Waals surface area contributed by atoms with Gasteiger partial charge < -0.3 is 15.0 Å². The normalized spacial score (nSPS) is 23.4. The van der Waals surface area contributed by atoms with Crippen LogP contribution in [-0.2, 0) is 9.53 Å². The van der Waals surface area contributed by atoms with Gasteiger partial charge in [0.25, 0.3) is 5.91 Å². The Balaban J connectivity index is 1.73. The summed E-state index contributed by atoms with van der Waals surface area (Å²) in [6.45, 7) is 16.5. The fourth-order valence-corrected chi connectivity index (χ4v) is 7.87. The molecular weight excluding hydrogens is 492 g/mol. The molecule has 236 valence electrons. The van der Waals surface area contributed by atoms with Gasteiger partial charge in [0, 0.05) is 30.5 Å². The zero-order valence-corrected chi connectivity index (χ0v) is 28.2. The van der Waals surface area contributed by atoms with Crippen LogP contribution in [0.1, 0.15) is 196 Å². The zero-order chi connectivity index (χ0) is 29.5. The number of carbonyl (C=O) groups is 1. The first-order valence-electron chi connectivity index (χ1n) is 17.8. The molecule has 2 fully saturated rings. The maximum Gasteiger partial charge on any atom is 0.256 e. The molecule has 1 amide bonds. The number of nitrogens with one attached hydrogen (secondary N) is 1. The molecule has 1 spiro atoms. The van der Waals surface area contributed by atoms with Crippen LogP contribution in [0.4, 0.5) is 0 Å². The minimum atomic E-state index is -0.674. The van der Waals surface area contributed by atoms with E-state index in [2.05, 4.69) is 58.7 Å². The Labute approximate surface area is 250 Å². The number of rotatable bonds is 22. The lowest BCUT2D eigenvalue weighted by molar-refractivity contribution is -0.182. The van der Waals surface area contributed by atoms with Crippen molar-refractivity contribution < 1.29 is 9.53 Å². The van der Waals surface area contributed by atoms with E-state index in [-0.39, 0.29) is 17.0 Å². The highest BCUT2D eigenvalue weighted by Crippen LogP contribution is 2.49. The summed E-state index contributed by atoms with van der Waals surface area (Å²) < 4.78 is 6.97. The van der Waals surface area contributed by atoms with Crippen molar-refractivity contribution in [3.63, 3.8) is 0 Å². The summed E-state index contributed by atoms with van der Waals surface area (Å²) >= 11 is 0. The molecule has 4 nitrogen and oxygen atoms in total. The van der Waals surface area contributed by atoms with Crippen molar-refractivity contribution in [3.05, 3.63) is 0 Å². The van der Waals surface area contributed by atoms with Crippen LogP contribution < -0.4 is 5.32 Å². The predicted octanol–water partition coefficient (Wildman–Crippen LogP) is 10.5. The van der Waals surface area contributed by atoms with E-state index < -0.39 is 11.3 Å². The molecule has 2 rings (SSSR count). The number of ether oxygens (including phenoxy) is 1. The molecule has 0 saturated carbocycles. The fourth-order valence-electron chi connectivity index (χ4n) is 7.87. The van der Waals surface area contributed by atoms with Crippen LogP contribution in [-0.4, -0.2) is 39.8 Å². The average molecular weight is 563 g/mol. The van der Waals surface area contributed by atoms with Crippen LogP contribution in [0, 0.1) is 0 Å². The van der Waals surface area contributed by atoms with Crippen molar-refractivity contribution in [2.75, 3.05) is 6.54 Å². The van der Waals surface area contributed by atoms with Crippen LogP contribution in [0.3, 0.4) is 0 Å². The molecule has 40 heavy (non-hydrogen) atoms. The van der Waals surface area contributed by atoms with E-state index in [1.807, 2.05) is 0 Å². The Kier molecular flexibility index (Phi) is 15.6. The second-order valence-corrected chi connectivity index (χ2v) is 15.1. The lowest BCUT2D eigenvalue weighted by Gasteiger charge is -2.53. The molecule has 4 heteroatoms. The number of nitrogens with zero attached hydrogens (tertiary/aromatic N) is 1. The largest absolute Gasteiger partial charge is 0.339 e. The van der Waals surface area contributed by atoms with E-state index in [4.69, 9.17) is 4.74 Å². The van der Waals surface area contributed by atoms with Gasteiger partial charge in [-0.25, -0.2) is 0 Å². The van der Waals surface area contributed by atoms with Gasteiger partial charge in [0.1, 0.15) is 11.3 Å². The van der Waals surface area contributed by atoms with Crippen molar-refractivity contribution in [1.29, 1.82) is 0 Å². The first-order chi connectivity index (χ1) is 19.0. The summed E-state index contributed by atoms with van der Waals surface area (Å²) in [5.74, 6) is 0.249. The smallest absolute Gasteiger partial charge is 0.256 e. The first-order valence-corrected chi connectivity index (χ1v) is 17.8. The standard InChI is InChI=1S/C36H70N2O2/c1-8-10-12-14-15-16-17-18-19-20-21-22-23-24-25-27-29-38-32(39)35(7,28-26-13-11-9-2)40-36(38)30-33(3,4)37-34(5,6)31-36/h37H,8-31H2,1-7H3. The van der Waals surface area contributed by atoms with E-state index >= 15 is 0 Å². The van der Waals surface area contributed by atoms with Crippen LogP contribution in [0.2, 0.25) is 0 Å². The predicted molar refractivity (Wildman–Crippen MR) is 173 cm³/mol. The van der Waals surface area contributed by atoms with Crippen molar-refractivity contribution in [1.82, 2.24) is 10.2 Å². The molecule has 2 saturated heterocycles. The molecule has 0 aliphatic carbocycles. The molecule has 2 aliphatic rings. The monoisotopic (exact) mass is 563 g/mol. The second-order valence-electron chi connectivity index (χ2n) is 15.1. The van der Waals surface area contributed by atoms with Gasteiger partial charge >= 0.3 is 0 Å². The highest BCUT2D eigenvalue weighted by atomic mass is 16.6. The Bertz CT molecular complexity index is 687. The zero-order valence-electron chi connectivity index (χ0n) is 28.2. The molecule has 0 bridgehead atoms. The maximum atomic E-state index is 14.0. The molecule has 0 aromatic rings. The maximum absolute atomic E-state index is 14.0. The second kappa shape index (κ2) is 17.5. The Morgan fingerprint density at radius 1 is 0.600 bits per heavy atom. The summed E-state index contributed by atoms with van der Waals surface area (Å²) in [4.78, 5) is 16.2. The van der Waals surface area contributed by atoms with Crippen LogP contribution in [0.15, 0.2) is 0 Å². The summed E-state index contributed by atoms with van der Waals surface area (Å²) in [6, 6.07) is 0. The molecule has 0 radical (unpaired) electrons. The molecule has 2 aliphatic heterocycles. The van der Waals surface area contributed by atoms with Gasteiger partial charge in [-0.15, -0.1) is 0 Å². The van der Waals surface area contributed by atoms with Gasteiger partial charge in [-0.1, -0.05) is 136 Å². The number of piperidine rings is 1. The summed E-state index contributed by atoms with van der Waals surface area (Å²) in [5.41, 5.74) is -1.29. The minimum absolute atomic E-state index is 0.0671. The van der Waals surface area contributed by atoms with E-state index in [0.29, 0.717) is 0 Å². The Hall–Kier alpha value is -0.610. The minimum Gasteiger partial charge on any atom is -0.339 e. The molecular formula is C36H70N2O2. The molecule has 2 heterocycles. The van der Waals surface area contributed by atoms with Crippen LogP contribution >= 0.6 is 0 Å². The molecule has 1 unspecified atom stereocenters. The van der Waals surface area contributed by atoms with Crippen molar-refractivity contribution in [2.24, 2.45) is 0 Å². The fraction of sp³-hybridized carbons (Fsp3) is 0.972. The lowest BCUT2D eigenvalue weighted by Crippen LogP contribution is -2.67. The molecule has 1 atom stereocenters. The number of unbranched alkanes of at least 4 members (excludes halogenated alkanes) is 18. The van der Waals surface area contributed by atoms with Crippen molar-refractivity contribution in [3.8, 4) is 0 Å². The van der Waals surface area contributed by atoms with Crippen molar-refractivity contribution >= 4 is 5.91 Å². The summed E-state index contributed by atoms with van der Waals surface area (Å²) in [6.07, 6.45) is 29.2. The summed E-state index contributed by atoms with van der Waals surface area (Å²) in [7, 11) is 0. The SMILES string of the molecule is CCCCCCCCCCCCCCCCCCN1C(=O)C(C)(CCCCCC)OC12CC(C)(C)NC(C)(C)C2. The number of hydrogen-bond donors (Lipinski definition) is 1. The third-order valence-corrected chi connectivity index (χ3v) is 9.46. The van der Waals surface area contributed by atoms with E-state index in [9.17, 15) is 4.79 Å². The third kappa shape index (κ3) is 11.9. The lowest BCUT2D eigenvalue weighted by atomic mass is 9.76. The highest BCUT2D eigenvalue weighted by Gasteiger charge is 2.62. The van der Waals surface area contributed by atoms with Gasteiger partial charge in [-0.2, -0.15) is 0 Å². The Morgan fingerprint density at radius 3 is 1.40 bits per heavy atom. The summed E-state index contributed by atoms with van der Waals surface area (Å²) in [5, 5.41) is 3.81. The third-order valence-electron chi connectivity index (χ3n) is 9.46. The highest BCUT2D eigenvalue weighted by molar-refractivity contribution is 5.87. The molecule has 0 aromatic heterocycles. The van der Waals surface area contributed by atoms with Gasteiger partial charge in [-0.05, 0) is 47.5 Å². The van der Waals surface area contributed by atoms with Gasteiger partial charge in [-0.3, -0.25) is 4.79 Å². The Morgan fingerprint density at radius 2 is 0.975 bits per heavy atom. The quantitative estimate of drug-likeness (QED) is 0.133. The average Bonchev–Trinajstić information content (AvgIpc) is 3.04. The van der Waals surface area contributed by atoms with E-state index in [1.165, 1.54) is 116 Å².